The molecule has 0 aromatic rings. The highest BCUT2D eigenvalue weighted by Gasteiger charge is 2.44. The minimum atomic E-state index is -0.401. The van der Waals surface area contributed by atoms with E-state index in [1.165, 1.54) is 0 Å². The fourth-order valence-corrected chi connectivity index (χ4v) is 2.60. The van der Waals surface area contributed by atoms with Crippen molar-refractivity contribution >= 4 is 5.97 Å². The highest BCUT2D eigenvalue weighted by Crippen LogP contribution is 2.30. The van der Waals surface area contributed by atoms with Gasteiger partial charge < -0.3 is 15.2 Å². The second kappa shape index (κ2) is 4.94. The van der Waals surface area contributed by atoms with Crippen LogP contribution in [-0.2, 0) is 9.53 Å². The van der Waals surface area contributed by atoms with E-state index < -0.39 is 6.10 Å². The van der Waals surface area contributed by atoms with Gasteiger partial charge in [-0.3, -0.25) is 4.79 Å². The average Bonchev–Trinajstić information content (AvgIpc) is 2.42. The van der Waals surface area contributed by atoms with Crippen LogP contribution in [0.3, 0.4) is 0 Å². The summed E-state index contributed by atoms with van der Waals surface area (Å²) in [6, 6.07) is -0.131. The molecular formula is C11H21NO3. The Morgan fingerprint density at radius 1 is 1.53 bits per heavy atom. The van der Waals surface area contributed by atoms with Crippen molar-refractivity contribution in [1.29, 1.82) is 0 Å². The number of aliphatic hydroxyl groups is 1. The minimum absolute atomic E-state index is 0.110. The fraction of sp³-hybridized carbons (Fsp3) is 0.909. The number of hydrogen-bond acceptors (Lipinski definition) is 4. The Labute approximate surface area is 91.0 Å². The zero-order chi connectivity index (χ0) is 11.6. The number of nitrogens with one attached hydrogen (secondary N) is 1. The van der Waals surface area contributed by atoms with Crippen molar-refractivity contribution < 1.29 is 14.6 Å². The highest BCUT2D eigenvalue weighted by molar-refractivity contribution is 5.76. The lowest BCUT2D eigenvalue weighted by molar-refractivity contribution is -0.146. The van der Waals surface area contributed by atoms with Crippen molar-refractivity contribution in [2.75, 3.05) is 6.61 Å². The molecule has 0 aliphatic carbocycles. The summed E-state index contributed by atoms with van der Waals surface area (Å²) >= 11 is 0. The normalized spacial score (nSPS) is 37.7. The molecule has 2 N–H and O–H groups in total. The molecule has 0 amide bonds. The lowest BCUT2D eigenvalue weighted by Gasteiger charge is -2.22. The molecule has 1 saturated heterocycles. The number of ether oxygens (including phenoxy) is 1. The van der Waals surface area contributed by atoms with Crippen molar-refractivity contribution in [3.63, 3.8) is 0 Å². The first-order chi connectivity index (χ1) is 6.99. The van der Waals surface area contributed by atoms with Gasteiger partial charge in [-0.1, -0.05) is 6.92 Å². The maximum Gasteiger partial charge on any atom is 0.323 e. The second-order valence-corrected chi connectivity index (χ2v) is 4.36. The maximum atomic E-state index is 11.6. The third-order valence-electron chi connectivity index (χ3n) is 3.25. The largest absolute Gasteiger partial charge is 0.465 e. The van der Waals surface area contributed by atoms with Crippen molar-refractivity contribution in [2.45, 2.75) is 45.9 Å². The van der Waals surface area contributed by atoms with E-state index in [0.717, 1.165) is 0 Å². The third kappa shape index (κ3) is 2.49. The number of aliphatic hydroxyl groups excluding tert-OH is 1. The molecule has 15 heavy (non-hydrogen) atoms. The van der Waals surface area contributed by atoms with Gasteiger partial charge in [-0.2, -0.15) is 0 Å². The van der Waals surface area contributed by atoms with Gasteiger partial charge in [-0.25, -0.2) is 0 Å². The molecule has 0 aromatic carbocycles. The summed E-state index contributed by atoms with van der Waals surface area (Å²) in [6.45, 7) is 7.94. The van der Waals surface area contributed by atoms with Gasteiger partial charge >= 0.3 is 5.97 Å². The van der Waals surface area contributed by atoms with Crippen molar-refractivity contribution in [2.24, 2.45) is 11.8 Å². The van der Waals surface area contributed by atoms with Crippen LogP contribution in [0.1, 0.15) is 27.7 Å². The van der Waals surface area contributed by atoms with Crippen LogP contribution in [0.2, 0.25) is 0 Å². The molecule has 4 heteroatoms. The lowest BCUT2D eigenvalue weighted by Crippen LogP contribution is -2.38. The average molecular weight is 215 g/mol. The highest BCUT2D eigenvalue weighted by atomic mass is 16.5. The minimum Gasteiger partial charge on any atom is -0.465 e. The molecule has 5 atom stereocenters. The van der Waals surface area contributed by atoms with E-state index in [9.17, 15) is 9.90 Å². The van der Waals surface area contributed by atoms with E-state index >= 15 is 0 Å². The first kappa shape index (κ1) is 12.5. The van der Waals surface area contributed by atoms with Crippen LogP contribution in [0.5, 0.6) is 0 Å². The van der Waals surface area contributed by atoms with Crippen molar-refractivity contribution in [1.82, 2.24) is 5.32 Å². The van der Waals surface area contributed by atoms with E-state index in [2.05, 4.69) is 5.32 Å². The van der Waals surface area contributed by atoms with Crippen molar-refractivity contribution in [3.8, 4) is 0 Å². The molecule has 0 spiro atoms. The van der Waals surface area contributed by atoms with Crippen LogP contribution < -0.4 is 5.32 Å². The number of hydrogen-bond donors (Lipinski definition) is 2. The quantitative estimate of drug-likeness (QED) is 0.675. The Morgan fingerprint density at radius 2 is 2.13 bits per heavy atom. The fourth-order valence-electron chi connectivity index (χ4n) is 2.60. The molecule has 1 fully saturated rings. The number of carbonyl (C=O) groups is 1. The standard InChI is InChI=1S/C11H21NO3/c1-5-15-11(14)10-6(2)9(8(4)13)7(3)12-10/h6-10,12-13H,5H2,1-4H3/t6-,7+,8-,9+,10-/m1/s1. The first-order valence-corrected chi connectivity index (χ1v) is 5.59. The molecule has 0 unspecified atom stereocenters. The summed E-state index contributed by atoms with van der Waals surface area (Å²) in [7, 11) is 0. The molecule has 1 aliphatic rings. The predicted molar refractivity (Wildman–Crippen MR) is 57.4 cm³/mol. The summed E-state index contributed by atoms with van der Waals surface area (Å²) in [4.78, 5) is 11.6. The molecule has 1 rings (SSSR count). The topological polar surface area (TPSA) is 58.6 Å². The van der Waals surface area contributed by atoms with Gasteiger partial charge in [0.1, 0.15) is 6.04 Å². The molecule has 0 saturated carbocycles. The number of rotatable bonds is 3. The van der Waals surface area contributed by atoms with Gasteiger partial charge in [0.15, 0.2) is 0 Å². The summed E-state index contributed by atoms with van der Waals surface area (Å²) in [5.41, 5.74) is 0. The summed E-state index contributed by atoms with van der Waals surface area (Å²) in [5, 5.41) is 12.8. The number of esters is 1. The first-order valence-electron chi connectivity index (χ1n) is 5.59. The molecule has 1 aliphatic heterocycles. The van der Waals surface area contributed by atoms with Crippen LogP contribution in [-0.4, -0.2) is 35.9 Å². The van der Waals surface area contributed by atoms with E-state index in [-0.39, 0.29) is 29.9 Å². The summed E-state index contributed by atoms with van der Waals surface area (Å²) < 4.78 is 4.99. The van der Waals surface area contributed by atoms with Gasteiger partial charge in [0, 0.05) is 12.0 Å². The van der Waals surface area contributed by atoms with Crippen LogP contribution in [0.15, 0.2) is 0 Å². The lowest BCUT2D eigenvalue weighted by atomic mass is 9.85. The Morgan fingerprint density at radius 3 is 2.53 bits per heavy atom. The molecule has 1 heterocycles. The van der Waals surface area contributed by atoms with Crippen LogP contribution in [0, 0.1) is 11.8 Å². The van der Waals surface area contributed by atoms with Crippen molar-refractivity contribution in [3.05, 3.63) is 0 Å². The molecule has 4 nitrogen and oxygen atoms in total. The Bertz CT molecular complexity index is 230. The zero-order valence-electron chi connectivity index (χ0n) is 9.86. The van der Waals surface area contributed by atoms with Crippen LogP contribution >= 0.6 is 0 Å². The van der Waals surface area contributed by atoms with E-state index in [1.54, 1.807) is 13.8 Å². The molecule has 0 aromatic heterocycles. The van der Waals surface area contributed by atoms with Crippen LogP contribution in [0.25, 0.3) is 0 Å². The van der Waals surface area contributed by atoms with Gasteiger partial charge in [-0.15, -0.1) is 0 Å². The Hall–Kier alpha value is -0.610. The molecule has 0 bridgehead atoms. The van der Waals surface area contributed by atoms with Gasteiger partial charge in [0.25, 0.3) is 0 Å². The van der Waals surface area contributed by atoms with Gasteiger partial charge in [-0.05, 0) is 26.7 Å². The molecular weight excluding hydrogens is 194 g/mol. The monoisotopic (exact) mass is 215 g/mol. The SMILES string of the molecule is CCOC(=O)[C@@H]1N[C@@H](C)[C@@H]([C@@H](C)O)[C@H]1C. The predicted octanol–water partition coefficient (Wildman–Crippen LogP) is 0.543. The summed E-state index contributed by atoms with van der Waals surface area (Å²) in [5.74, 6) is 0.0125. The van der Waals surface area contributed by atoms with E-state index in [4.69, 9.17) is 4.74 Å². The van der Waals surface area contributed by atoms with Gasteiger partial charge in [0.05, 0.1) is 12.7 Å². The zero-order valence-corrected chi connectivity index (χ0v) is 9.86. The number of carbonyl (C=O) groups excluding carboxylic acids is 1. The second-order valence-electron chi connectivity index (χ2n) is 4.36. The Balaban J connectivity index is 2.68. The van der Waals surface area contributed by atoms with Gasteiger partial charge in [0.2, 0.25) is 0 Å². The Kier molecular flexibility index (Phi) is 4.11. The maximum absolute atomic E-state index is 11.6. The smallest absolute Gasteiger partial charge is 0.323 e. The van der Waals surface area contributed by atoms with E-state index in [1.807, 2.05) is 13.8 Å². The third-order valence-corrected chi connectivity index (χ3v) is 3.25. The van der Waals surface area contributed by atoms with E-state index in [0.29, 0.717) is 6.61 Å². The summed E-state index contributed by atoms with van der Waals surface area (Å²) in [6.07, 6.45) is -0.401. The molecule has 88 valence electrons. The van der Waals surface area contributed by atoms with Crippen LogP contribution in [0.4, 0.5) is 0 Å². The molecule has 0 radical (unpaired) electrons.